The second kappa shape index (κ2) is 11.1. The van der Waals surface area contributed by atoms with E-state index in [1.54, 1.807) is 0 Å². The summed E-state index contributed by atoms with van der Waals surface area (Å²) in [5.41, 5.74) is 2.93. The van der Waals surface area contributed by atoms with Crippen LogP contribution in [0, 0.1) is 0 Å². The number of hydrogen-bond donors (Lipinski definition) is 0. The number of benzene rings is 4. The Labute approximate surface area is 322 Å². The van der Waals surface area contributed by atoms with Gasteiger partial charge in [0.05, 0.1) is 0 Å². The molecule has 4 nitrogen and oxygen atoms in total. The first kappa shape index (κ1) is 36.9. The molecule has 0 radical (unpaired) electrons. The summed E-state index contributed by atoms with van der Waals surface area (Å²) in [5, 5.41) is 2.41. The van der Waals surface area contributed by atoms with E-state index in [-0.39, 0.29) is 0 Å². The van der Waals surface area contributed by atoms with Crippen LogP contribution in [0.1, 0.15) is 105 Å². The van der Waals surface area contributed by atoms with Crippen LogP contribution in [0.15, 0.2) is 121 Å². The average molecular weight is 768 g/mol. The molecule has 0 saturated carbocycles. The zero-order valence-corrected chi connectivity index (χ0v) is 36.6. The molecule has 4 aromatic carbocycles. The maximum atomic E-state index is 9.64. The third kappa shape index (κ3) is 4.16. The van der Waals surface area contributed by atoms with E-state index in [1.807, 2.05) is 0 Å². The van der Waals surface area contributed by atoms with Crippen molar-refractivity contribution in [1.29, 1.82) is 0 Å². The summed E-state index contributed by atoms with van der Waals surface area (Å²) in [4.78, 5) is 0. The normalized spacial score (nSPS) is 22.2. The summed E-state index contributed by atoms with van der Waals surface area (Å²) >= 11 is 19.3. The Balaban J connectivity index is 1.88. The van der Waals surface area contributed by atoms with E-state index in [1.165, 1.54) is 10.4 Å². The van der Waals surface area contributed by atoms with Crippen molar-refractivity contribution in [3.05, 3.63) is 144 Å². The van der Waals surface area contributed by atoms with Crippen molar-refractivity contribution in [3.63, 3.8) is 0 Å². The summed E-state index contributed by atoms with van der Waals surface area (Å²) in [7, 11) is 0. The van der Waals surface area contributed by atoms with Crippen LogP contribution in [-0.4, -0.2) is 64.4 Å². The Kier molecular flexibility index (Phi) is 7.85. The molecule has 3 aliphatic heterocycles. The fourth-order valence-electron chi connectivity index (χ4n) is 10.6. The van der Waals surface area contributed by atoms with Gasteiger partial charge >= 0.3 is 324 Å². The molecule has 0 unspecified atom stereocenters. The van der Waals surface area contributed by atoms with Crippen LogP contribution >= 0.6 is 22.2 Å². The molecule has 0 aliphatic carbocycles. The quantitative estimate of drug-likeness (QED) is 0.151. The number of halogens is 2. The molecule has 0 saturated heterocycles. The van der Waals surface area contributed by atoms with Crippen LogP contribution in [0.3, 0.4) is 0 Å². The summed E-state index contributed by atoms with van der Waals surface area (Å²) < 4.78 is 10.7. The van der Waals surface area contributed by atoms with Gasteiger partial charge in [0, 0.05) is 0 Å². The molecule has 0 amide bonds. The summed E-state index contributed by atoms with van der Waals surface area (Å²) in [6, 6.07) is 43.6. The van der Waals surface area contributed by atoms with Crippen molar-refractivity contribution >= 4 is 57.2 Å². The van der Waals surface area contributed by atoms with Gasteiger partial charge in [0.25, 0.3) is 0 Å². The molecule has 0 fully saturated rings. The zero-order chi connectivity index (χ0) is 38.0. The molecule has 3 aliphatic rings. The Hall–Kier alpha value is -3.43. The first-order chi connectivity index (χ1) is 24.1. The van der Waals surface area contributed by atoms with E-state index >= 15 is 0 Å². The number of hydrogen-bond acceptors (Lipinski definition) is 2. The van der Waals surface area contributed by atoms with Gasteiger partial charge in [-0.05, 0) is 0 Å². The van der Waals surface area contributed by atoms with Gasteiger partial charge < -0.3 is 0 Å². The molecule has 0 bridgehead atoms. The van der Waals surface area contributed by atoms with Gasteiger partial charge in [-0.1, -0.05) is 0 Å². The Morgan fingerprint density at radius 2 is 0.615 bits per heavy atom. The van der Waals surface area contributed by atoms with Crippen molar-refractivity contribution in [3.8, 4) is 0 Å². The topological polar surface area (TPSA) is 12.5 Å². The molecular formula is C44H56Cl2N4Si2. The van der Waals surface area contributed by atoms with Crippen LogP contribution in [-0.2, 0) is 0 Å². The van der Waals surface area contributed by atoms with E-state index in [0.29, 0.717) is 0 Å². The van der Waals surface area contributed by atoms with Gasteiger partial charge in [-0.25, -0.2) is 0 Å². The van der Waals surface area contributed by atoms with Crippen molar-refractivity contribution in [2.45, 2.75) is 105 Å². The van der Waals surface area contributed by atoms with Crippen LogP contribution in [0.2, 0.25) is 0 Å². The molecule has 2 spiro atoms. The van der Waals surface area contributed by atoms with Crippen LogP contribution in [0.5, 0.6) is 0 Å². The van der Waals surface area contributed by atoms with Gasteiger partial charge in [-0.3, -0.25) is 0 Å². The minimum atomic E-state index is -4.75. The van der Waals surface area contributed by atoms with E-state index in [9.17, 15) is 22.2 Å². The minimum absolute atomic E-state index is 0.411. The first-order valence-corrected chi connectivity index (χ1v) is 26.5. The van der Waals surface area contributed by atoms with Crippen LogP contribution in [0.25, 0.3) is 10.4 Å². The molecule has 8 heteroatoms. The first-order valence-electron chi connectivity index (χ1n) is 18.7. The van der Waals surface area contributed by atoms with Gasteiger partial charge in [-0.15, -0.1) is 0 Å². The van der Waals surface area contributed by atoms with E-state index in [0.717, 1.165) is 33.9 Å². The molecule has 4 aromatic rings. The van der Waals surface area contributed by atoms with Crippen LogP contribution in [0.4, 0.5) is 0 Å². The Morgan fingerprint density at radius 1 is 0.385 bits per heavy atom. The zero-order valence-electron chi connectivity index (χ0n) is 33.1. The van der Waals surface area contributed by atoms with E-state index < -0.39 is 35.2 Å². The summed E-state index contributed by atoms with van der Waals surface area (Å²) in [5.74, 6) is 2.30. The predicted octanol–water partition coefficient (Wildman–Crippen LogP) is 10.8. The summed E-state index contributed by atoms with van der Waals surface area (Å²) in [6.07, 6.45) is 0. The van der Waals surface area contributed by atoms with Crippen molar-refractivity contribution in [2.24, 2.45) is 0 Å². The Bertz CT molecular complexity index is 2020. The molecular weight excluding hydrogens is 712 g/mol. The van der Waals surface area contributed by atoms with Gasteiger partial charge in [0.1, 0.15) is 0 Å². The molecule has 274 valence electrons. The number of nitrogens with zero attached hydrogens (tertiary/aromatic N) is 4. The monoisotopic (exact) mass is 766 g/mol. The number of rotatable bonds is 4. The van der Waals surface area contributed by atoms with E-state index in [2.05, 4.69) is 222 Å². The standard InChI is InChI=1S/C44H56Cl2N4Si2/c1-41(2,3)47-39(35-29-21-15-22-30-35)48(42(4,5)6)51(47,45)37(33-25-17-13-18-26-33)38(34-27-19-14-20-28-34)52(51,46)49(43(7,8)9)40(50(52)44(10,11)12)36-31-23-16-24-32-36/h13-32H,1-12H3. The number of amidine groups is 2. The molecule has 3 heterocycles. The predicted molar refractivity (Wildman–Crippen MR) is 227 cm³/mol. The molecule has 0 aromatic heterocycles. The second-order valence-electron chi connectivity index (χ2n) is 18.9. The fraction of sp³-hybridized carbons (Fsp3) is 0.364. The van der Waals surface area contributed by atoms with Crippen molar-refractivity contribution in [2.75, 3.05) is 0 Å². The molecule has 0 atom stereocenters. The maximum absolute atomic E-state index is 9.64. The van der Waals surface area contributed by atoms with Gasteiger partial charge in [0.15, 0.2) is 0 Å². The average Bonchev–Trinajstić information content (AvgIpc) is 3.03. The third-order valence-corrected chi connectivity index (χ3v) is 42.1. The van der Waals surface area contributed by atoms with Crippen molar-refractivity contribution in [1.82, 2.24) is 9.13 Å². The van der Waals surface area contributed by atoms with Crippen LogP contribution < -0.4 is 0 Å². The van der Waals surface area contributed by atoms with Gasteiger partial charge in [0.2, 0.25) is 0 Å². The Morgan fingerprint density at radius 3 is 0.827 bits per heavy atom. The fourth-order valence-corrected chi connectivity index (χ4v) is 49.3. The molecule has 7 rings (SSSR count). The van der Waals surface area contributed by atoms with Gasteiger partial charge in [-0.2, -0.15) is 0 Å². The molecule has 52 heavy (non-hydrogen) atoms. The third-order valence-electron chi connectivity index (χ3n) is 11.3. The molecule has 0 N–H and O–H groups in total. The summed E-state index contributed by atoms with van der Waals surface area (Å²) in [6.45, 7) is 18.4. The SMILES string of the molecule is CC(C)(C)N1C(c2ccccc2)=[N+](C(C)(C)C)[Si-]12(Cl)C(c1ccccc1)=C(c1ccccc1)[Si-]21(Cl)N(C(C)(C)C)C(c2ccccc2)=[N+]1C(C)(C)C. The van der Waals surface area contributed by atoms with Crippen molar-refractivity contribution < 1.29 is 8.48 Å². The number of fused-ring (bicyclic) bond motifs is 1. The van der Waals surface area contributed by atoms with E-state index in [4.69, 9.17) is 0 Å². The second-order valence-corrected chi connectivity index (χ2v) is 37.7.